The van der Waals surface area contributed by atoms with Crippen molar-refractivity contribution in [2.24, 2.45) is 0 Å². The van der Waals surface area contributed by atoms with Gasteiger partial charge in [0.1, 0.15) is 17.6 Å². The maximum Gasteiger partial charge on any atom is 0.261 e. The maximum absolute atomic E-state index is 13.5. The summed E-state index contributed by atoms with van der Waals surface area (Å²) in [7, 11) is 0. The fraction of sp³-hybridized carbons (Fsp3) is 0.348. The van der Waals surface area contributed by atoms with Gasteiger partial charge in [-0.2, -0.15) is 0 Å². The van der Waals surface area contributed by atoms with Gasteiger partial charge in [-0.1, -0.05) is 23.7 Å². The first-order valence-corrected chi connectivity index (χ1v) is 11.8. The van der Waals surface area contributed by atoms with Crippen molar-refractivity contribution < 1.29 is 14.1 Å². The molecule has 0 fully saturated rings. The van der Waals surface area contributed by atoms with Crippen molar-refractivity contribution in [1.82, 2.24) is 19.4 Å². The van der Waals surface area contributed by atoms with E-state index < -0.39 is 0 Å². The Hall–Kier alpha value is -2.84. The van der Waals surface area contributed by atoms with Gasteiger partial charge in [-0.25, -0.2) is 4.98 Å². The third-order valence-corrected chi connectivity index (χ3v) is 6.96. The van der Waals surface area contributed by atoms with Crippen molar-refractivity contribution >= 4 is 33.8 Å². The van der Waals surface area contributed by atoms with Gasteiger partial charge in [0.15, 0.2) is 11.6 Å². The Bertz CT molecular complexity index is 1290. The van der Waals surface area contributed by atoms with Gasteiger partial charge in [-0.15, -0.1) is 11.3 Å². The second kappa shape index (κ2) is 8.26. The van der Waals surface area contributed by atoms with Crippen LogP contribution in [0.2, 0.25) is 5.02 Å². The molecule has 1 aromatic carbocycles. The highest BCUT2D eigenvalue weighted by atomic mass is 35.5. The van der Waals surface area contributed by atoms with E-state index in [1.807, 2.05) is 49.4 Å². The Morgan fingerprint density at radius 1 is 1.38 bits per heavy atom. The van der Waals surface area contributed by atoms with E-state index >= 15 is 0 Å². The normalized spacial score (nSPS) is 15.9. The SMILES string of the molecule is CCc1cc(Cl)ccc1OCC(=O)N1CCc2nc3sccn3c2C1c1c(C)noc1C. The smallest absolute Gasteiger partial charge is 0.261 e. The fourth-order valence-electron chi connectivity index (χ4n) is 4.45. The maximum atomic E-state index is 13.5. The topological polar surface area (TPSA) is 72.9 Å². The van der Waals surface area contributed by atoms with E-state index in [9.17, 15) is 4.79 Å². The number of rotatable bonds is 5. The Morgan fingerprint density at radius 3 is 2.97 bits per heavy atom. The molecule has 1 atom stereocenters. The van der Waals surface area contributed by atoms with Crippen LogP contribution in [0.1, 0.15) is 46.9 Å². The van der Waals surface area contributed by atoms with Crippen LogP contribution in [0.25, 0.3) is 4.96 Å². The summed E-state index contributed by atoms with van der Waals surface area (Å²) in [6.45, 7) is 6.32. The first-order valence-electron chi connectivity index (χ1n) is 10.6. The molecular weight excluding hydrogens is 448 g/mol. The van der Waals surface area contributed by atoms with E-state index in [0.717, 1.165) is 39.6 Å². The Kier molecular flexibility index (Phi) is 5.43. The van der Waals surface area contributed by atoms with E-state index in [4.69, 9.17) is 25.8 Å². The molecule has 1 amide bonds. The summed E-state index contributed by atoms with van der Waals surface area (Å²) < 4.78 is 13.5. The van der Waals surface area contributed by atoms with E-state index in [0.29, 0.717) is 29.5 Å². The number of hydrogen-bond acceptors (Lipinski definition) is 6. The summed E-state index contributed by atoms with van der Waals surface area (Å²) >= 11 is 7.69. The second-order valence-corrected chi connectivity index (χ2v) is 9.18. The minimum absolute atomic E-state index is 0.0601. The number of aryl methyl sites for hydroxylation is 3. The van der Waals surface area contributed by atoms with Crippen LogP contribution in [0.4, 0.5) is 0 Å². The lowest BCUT2D eigenvalue weighted by Crippen LogP contribution is -2.43. The van der Waals surface area contributed by atoms with Gasteiger partial charge in [-0.05, 0) is 44.0 Å². The van der Waals surface area contributed by atoms with Crippen molar-refractivity contribution in [3.05, 3.63) is 68.8 Å². The number of ether oxygens (including phenoxy) is 1. The van der Waals surface area contributed by atoms with Crippen molar-refractivity contribution in [2.75, 3.05) is 13.2 Å². The molecule has 0 radical (unpaired) electrons. The number of carbonyl (C=O) groups is 1. The minimum Gasteiger partial charge on any atom is -0.483 e. The van der Waals surface area contributed by atoms with Gasteiger partial charge in [-0.3, -0.25) is 9.20 Å². The highest BCUT2D eigenvalue weighted by Gasteiger charge is 2.39. The molecule has 0 saturated heterocycles. The first-order chi connectivity index (χ1) is 15.5. The van der Waals surface area contributed by atoms with Gasteiger partial charge in [0, 0.05) is 35.1 Å². The molecule has 1 aliphatic rings. The summed E-state index contributed by atoms with van der Waals surface area (Å²) in [4.78, 5) is 21.1. The molecule has 5 rings (SSSR count). The third-order valence-electron chi connectivity index (χ3n) is 5.97. The molecule has 1 unspecified atom stereocenters. The number of benzene rings is 1. The number of aromatic nitrogens is 3. The van der Waals surface area contributed by atoms with Crippen molar-refractivity contribution in [3.8, 4) is 5.75 Å². The highest BCUT2D eigenvalue weighted by Crippen LogP contribution is 2.39. The van der Waals surface area contributed by atoms with Crippen LogP contribution in [0, 0.1) is 13.8 Å². The molecule has 0 saturated carbocycles. The van der Waals surface area contributed by atoms with Crippen LogP contribution < -0.4 is 4.74 Å². The van der Waals surface area contributed by atoms with Gasteiger partial charge >= 0.3 is 0 Å². The second-order valence-electron chi connectivity index (χ2n) is 7.87. The number of amides is 1. The molecule has 0 N–H and O–H groups in total. The summed E-state index contributed by atoms with van der Waals surface area (Å²) in [5, 5.41) is 6.81. The Labute approximate surface area is 194 Å². The molecule has 166 valence electrons. The molecule has 3 aromatic heterocycles. The zero-order valence-corrected chi connectivity index (χ0v) is 19.7. The van der Waals surface area contributed by atoms with Crippen LogP contribution in [0.3, 0.4) is 0 Å². The number of imidazole rings is 1. The highest BCUT2D eigenvalue weighted by molar-refractivity contribution is 7.15. The number of halogens is 1. The van der Waals surface area contributed by atoms with E-state index in [2.05, 4.69) is 9.56 Å². The molecule has 4 heterocycles. The molecule has 0 aliphatic carbocycles. The number of hydrogen-bond donors (Lipinski definition) is 0. The molecule has 32 heavy (non-hydrogen) atoms. The lowest BCUT2D eigenvalue weighted by atomic mass is 9.94. The molecule has 1 aliphatic heterocycles. The zero-order valence-electron chi connectivity index (χ0n) is 18.1. The number of thiazole rings is 1. The largest absolute Gasteiger partial charge is 0.483 e. The number of carbonyl (C=O) groups excluding carboxylic acids is 1. The van der Waals surface area contributed by atoms with Crippen molar-refractivity contribution in [3.63, 3.8) is 0 Å². The summed E-state index contributed by atoms with van der Waals surface area (Å²) in [5.41, 5.74) is 4.67. The minimum atomic E-state index is -0.332. The molecular formula is C23H23ClN4O3S. The lowest BCUT2D eigenvalue weighted by molar-refractivity contribution is -0.135. The van der Waals surface area contributed by atoms with Gasteiger partial charge in [0.2, 0.25) is 0 Å². The van der Waals surface area contributed by atoms with Crippen molar-refractivity contribution in [1.29, 1.82) is 0 Å². The monoisotopic (exact) mass is 470 g/mol. The van der Waals surface area contributed by atoms with E-state index in [-0.39, 0.29) is 18.6 Å². The Morgan fingerprint density at radius 2 is 2.22 bits per heavy atom. The number of fused-ring (bicyclic) bond motifs is 3. The average Bonchev–Trinajstić information content (AvgIpc) is 3.46. The van der Waals surface area contributed by atoms with Crippen LogP contribution in [-0.2, 0) is 17.6 Å². The van der Waals surface area contributed by atoms with E-state index in [1.165, 1.54) is 0 Å². The van der Waals surface area contributed by atoms with Crippen LogP contribution in [-0.4, -0.2) is 38.5 Å². The average molecular weight is 471 g/mol. The molecule has 9 heteroatoms. The quantitative estimate of drug-likeness (QED) is 0.420. The Balaban J connectivity index is 1.50. The van der Waals surface area contributed by atoms with E-state index in [1.54, 1.807) is 17.4 Å². The predicted octanol–water partition coefficient (Wildman–Crippen LogP) is 4.77. The number of nitrogens with zero attached hydrogens (tertiary/aromatic N) is 4. The first kappa shape index (κ1) is 21.0. The summed E-state index contributed by atoms with van der Waals surface area (Å²) in [5.74, 6) is 1.29. The van der Waals surface area contributed by atoms with Gasteiger partial charge in [0.05, 0.1) is 17.1 Å². The summed E-state index contributed by atoms with van der Waals surface area (Å²) in [6.07, 6.45) is 3.46. The molecule has 7 nitrogen and oxygen atoms in total. The van der Waals surface area contributed by atoms with Crippen LogP contribution in [0.15, 0.2) is 34.3 Å². The zero-order chi connectivity index (χ0) is 22.4. The standard InChI is InChI=1S/C23H23ClN4O3S/c1-4-15-11-16(24)5-6-18(15)30-12-19(29)27-8-7-17-21(28-9-10-32-23(28)25-17)22(27)20-13(2)26-31-14(20)3/h5-6,9-11,22H,4,7-8,12H2,1-3H3. The predicted molar refractivity (Wildman–Crippen MR) is 123 cm³/mol. The van der Waals surface area contributed by atoms with Crippen molar-refractivity contribution in [2.45, 2.75) is 39.7 Å². The third kappa shape index (κ3) is 3.47. The van der Waals surface area contributed by atoms with Crippen LogP contribution in [0.5, 0.6) is 5.75 Å². The fourth-order valence-corrected chi connectivity index (χ4v) is 5.39. The van der Waals surface area contributed by atoms with Gasteiger partial charge < -0.3 is 14.2 Å². The molecule has 0 bridgehead atoms. The van der Waals surface area contributed by atoms with Crippen LogP contribution >= 0.6 is 22.9 Å². The van der Waals surface area contributed by atoms with Gasteiger partial charge in [0.25, 0.3) is 5.91 Å². The lowest BCUT2D eigenvalue weighted by Gasteiger charge is -2.35. The molecule has 4 aromatic rings. The molecule has 0 spiro atoms. The summed E-state index contributed by atoms with van der Waals surface area (Å²) in [6, 6.07) is 5.14.